The third-order valence-electron chi connectivity index (χ3n) is 4.21. The molecule has 0 spiro atoms. The topological polar surface area (TPSA) is 76.1 Å². The van der Waals surface area contributed by atoms with Crippen molar-refractivity contribution in [2.24, 2.45) is 0 Å². The molecular weight excluding hydrogens is 379 g/mol. The molecule has 0 aliphatic carbocycles. The fourth-order valence-electron chi connectivity index (χ4n) is 2.43. The molecule has 1 aromatic heterocycles. The molecule has 2 N–H and O–H groups in total. The Kier molecular flexibility index (Phi) is 6.54. The molecule has 0 saturated heterocycles. The van der Waals surface area contributed by atoms with Crippen molar-refractivity contribution in [3.63, 3.8) is 0 Å². The molecular formula is C20H21FN4O2S. The van der Waals surface area contributed by atoms with Crippen LogP contribution in [0.4, 0.5) is 20.0 Å². The van der Waals surface area contributed by atoms with Crippen molar-refractivity contribution in [2.45, 2.75) is 32.8 Å². The van der Waals surface area contributed by atoms with Crippen LogP contribution in [0.5, 0.6) is 5.75 Å². The van der Waals surface area contributed by atoms with E-state index in [9.17, 15) is 9.18 Å². The van der Waals surface area contributed by atoms with Gasteiger partial charge in [-0.15, -0.1) is 10.2 Å². The monoisotopic (exact) mass is 400 g/mol. The van der Waals surface area contributed by atoms with Crippen molar-refractivity contribution in [3.05, 3.63) is 64.9 Å². The Morgan fingerprint density at radius 1 is 1.11 bits per heavy atom. The highest BCUT2D eigenvalue weighted by atomic mass is 32.1. The number of hydrogen-bond acceptors (Lipinski definition) is 5. The average Bonchev–Trinajstić information content (AvgIpc) is 3.15. The Bertz CT molecular complexity index is 913. The summed E-state index contributed by atoms with van der Waals surface area (Å²) in [6, 6.07) is 13.0. The minimum atomic E-state index is -0.476. The smallest absolute Gasteiger partial charge is 0.325 e. The third kappa shape index (κ3) is 5.50. The van der Waals surface area contributed by atoms with E-state index in [1.165, 1.54) is 41.2 Å². The molecule has 28 heavy (non-hydrogen) atoms. The molecule has 1 heterocycles. The Morgan fingerprint density at radius 2 is 1.82 bits per heavy atom. The molecule has 1 unspecified atom stereocenters. The maximum Gasteiger partial charge on any atom is 0.325 e. The highest BCUT2D eigenvalue weighted by Gasteiger charge is 2.09. The molecule has 0 radical (unpaired) electrons. The Hall–Kier alpha value is -3.00. The second kappa shape index (κ2) is 9.27. The largest absolute Gasteiger partial charge is 0.486 e. The lowest BCUT2D eigenvalue weighted by molar-refractivity contribution is 0.262. The summed E-state index contributed by atoms with van der Waals surface area (Å²) in [7, 11) is 0. The van der Waals surface area contributed by atoms with Crippen LogP contribution in [0.15, 0.2) is 48.5 Å². The minimum Gasteiger partial charge on any atom is -0.486 e. The number of nitrogens with zero attached hydrogens (tertiary/aromatic N) is 2. The van der Waals surface area contributed by atoms with Gasteiger partial charge in [0.1, 0.15) is 18.2 Å². The van der Waals surface area contributed by atoms with Crippen LogP contribution in [0.1, 0.15) is 36.8 Å². The van der Waals surface area contributed by atoms with Crippen LogP contribution in [0.25, 0.3) is 0 Å². The number of urea groups is 1. The molecule has 2 aromatic carbocycles. The van der Waals surface area contributed by atoms with Crippen molar-refractivity contribution in [2.75, 3.05) is 10.6 Å². The fourth-order valence-corrected chi connectivity index (χ4v) is 3.08. The molecule has 3 aromatic rings. The summed E-state index contributed by atoms with van der Waals surface area (Å²) in [5, 5.41) is 14.1. The molecule has 8 heteroatoms. The number of nitrogens with one attached hydrogen (secondary N) is 2. The first-order valence-corrected chi connectivity index (χ1v) is 9.74. The van der Waals surface area contributed by atoms with Gasteiger partial charge in [-0.1, -0.05) is 37.3 Å². The molecule has 1 atom stereocenters. The van der Waals surface area contributed by atoms with Gasteiger partial charge in [0.05, 0.1) is 0 Å². The van der Waals surface area contributed by atoms with E-state index < -0.39 is 6.03 Å². The minimum absolute atomic E-state index is 0.265. The van der Waals surface area contributed by atoms with Gasteiger partial charge in [-0.25, -0.2) is 9.18 Å². The Labute approximate surface area is 166 Å². The van der Waals surface area contributed by atoms with Crippen molar-refractivity contribution in [1.29, 1.82) is 0 Å². The van der Waals surface area contributed by atoms with Crippen molar-refractivity contribution in [3.8, 4) is 5.75 Å². The number of carbonyl (C=O) groups is 1. The van der Waals surface area contributed by atoms with Crippen LogP contribution in [-0.2, 0) is 6.61 Å². The van der Waals surface area contributed by atoms with E-state index in [0.29, 0.717) is 21.7 Å². The average molecular weight is 400 g/mol. The number of hydrogen-bond donors (Lipinski definition) is 2. The lowest BCUT2D eigenvalue weighted by atomic mass is 9.99. The van der Waals surface area contributed by atoms with Crippen molar-refractivity contribution < 1.29 is 13.9 Å². The molecule has 0 saturated carbocycles. The maximum atomic E-state index is 12.9. The van der Waals surface area contributed by atoms with Crippen LogP contribution in [0.2, 0.25) is 0 Å². The standard InChI is InChI=1S/C20H21FN4O2S/c1-3-13(2)14-4-10-17(11-5-14)27-12-18-24-25-20(28-18)23-19(26)22-16-8-6-15(21)7-9-16/h4-11,13H,3,12H2,1-2H3,(H2,22,23,25,26). The van der Waals surface area contributed by atoms with E-state index in [2.05, 4.69) is 46.8 Å². The summed E-state index contributed by atoms with van der Waals surface area (Å²) >= 11 is 1.23. The van der Waals surface area contributed by atoms with Gasteiger partial charge >= 0.3 is 6.03 Å². The SMILES string of the molecule is CCC(C)c1ccc(OCc2nnc(NC(=O)Nc3ccc(F)cc3)s2)cc1. The molecule has 6 nitrogen and oxygen atoms in total. The molecule has 146 valence electrons. The number of carbonyl (C=O) groups excluding carboxylic acids is 1. The zero-order chi connectivity index (χ0) is 19.9. The number of halogens is 1. The number of ether oxygens (including phenoxy) is 1. The number of benzene rings is 2. The van der Waals surface area contributed by atoms with Crippen molar-refractivity contribution >= 4 is 28.2 Å². The van der Waals surface area contributed by atoms with E-state index in [1.807, 2.05) is 12.1 Å². The number of aromatic nitrogens is 2. The molecule has 2 amide bonds. The highest BCUT2D eigenvalue weighted by molar-refractivity contribution is 7.15. The quantitative estimate of drug-likeness (QED) is 0.556. The van der Waals surface area contributed by atoms with Gasteiger partial charge in [0, 0.05) is 5.69 Å². The molecule has 0 aliphatic heterocycles. The van der Waals surface area contributed by atoms with Gasteiger partial charge in [-0.2, -0.15) is 0 Å². The van der Waals surface area contributed by atoms with Crippen LogP contribution in [0.3, 0.4) is 0 Å². The van der Waals surface area contributed by atoms with Gasteiger partial charge in [-0.05, 0) is 54.3 Å². The van der Waals surface area contributed by atoms with E-state index in [1.54, 1.807) is 0 Å². The van der Waals surface area contributed by atoms with Gasteiger partial charge in [-0.3, -0.25) is 5.32 Å². The number of amides is 2. The number of anilines is 2. The molecule has 0 aliphatic rings. The van der Waals surface area contributed by atoms with Crippen LogP contribution in [-0.4, -0.2) is 16.2 Å². The first-order valence-electron chi connectivity index (χ1n) is 8.92. The molecule has 0 bridgehead atoms. The summed E-state index contributed by atoms with van der Waals surface area (Å²) in [5.41, 5.74) is 1.76. The summed E-state index contributed by atoms with van der Waals surface area (Å²) < 4.78 is 18.6. The summed E-state index contributed by atoms with van der Waals surface area (Å²) in [4.78, 5) is 12.0. The van der Waals surface area contributed by atoms with Crippen LogP contribution < -0.4 is 15.4 Å². The Balaban J connectivity index is 1.49. The predicted molar refractivity (Wildman–Crippen MR) is 108 cm³/mol. The van der Waals surface area contributed by atoms with Crippen LogP contribution in [0, 0.1) is 5.82 Å². The Morgan fingerprint density at radius 3 is 2.50 bits per heavy atom. The van der Waals surface area contributed by atoms with E-state index in [-0.39, 0.29) is 12.4 Å². The summed E-state index contributed by atoms with van der Waals surface area (Å²) in [6.07, 6.45) is 1.09. The first-order chi connectivity index (χ1) is 13.5. The lowest BCUT2D eigenvalue weighted by Crippen LogP contribution is -2.19. The second-order valence-corrected chi connectivity index (χ2v) is 7.32. The number of rotatable bonds is 7. The highest BCUT2D eigenvalue weighted by Crippen LogP contribution is 2.23. The summed E-state index contributed by atoms with van der Waals surface area (Å²) in [5.74, 6) is 0.909. The van der Waals surface area contributed by atoms with E-state index in [4.69, 9.17) is 4.74 Å². The van der Waals surface area contributed by atoms with Gasteiger partial charge in [0.15, 0.2) is 5.01 Å². The first kappa shape index (κ1) is 19.8. The zero-order valence-corrected chi connectivity index (χ0v) is 16.4. The van der Waals surface area contributed by atoms with Gasteiger partial charge in [0.2, 0.25) is 5.13 Å². The van der Waals surface area contributed by atoms with Crippen LogP contribution >= 0.6 is 11.3 Å². The van der Waals surface area contributed by atoms with E-state index >= 15 is 0 Å². The van der Waals surface area contributed by atoms with Gasteiger partial charge in [0.25, 0.3) is 0 Å². The van der Waals surface area contributed by atoms with E-state index in [0.717, 1.165) is 12.2 Å². The predicted octanol–water partition coefficient (Wildman–Crippen LogP) is 5.41. The summed E-state index contributed by atoms with van der Waals surface area (Å²) in [6.45, 7) is 4.62. The lowest BCUT2D eigenvalue weighted by Gasteiger charge is -2.10. The maximum absolute atomic E-state index is 12.9. The third-order valence-corrected chi connectivity index (χ3v) is 5.03. The van der Waals surface area contributed by atoms with Gasteiger partial charge < -0.3 is 10.1 Å². The molecule has 3 rings (SSSR count). The fraction of sp³-hybridized carbons (Fsp3) is 0.250. The second-order valence-electron chi connectivity index (χ2n) is 6.25. The normalized spacial score (nSPS) is 11.7. The molecule has 0 fully saturated rings. The van der Waals surface area contributed by atoms with Crippen molar-refractivity contribution in [1.82, 2.24) is 10.2 Å². The zero-order valence-electron chi connectivity index (χ0n) is 15.6.